The second-order valence-corrected chi connectivity index (χ2v) is 6.25. The normalized spacial score (nSPS) is 18.6. The van der Waals surface area contributed by atoms with Gasteiger partial charge in [-0.15, -0.1) is 13.8 Å². The van der Waals surface area contributed by atoms with Gasteiger partial charge in [-0.05, 0) is 23.8 Å². The van der Waals surface area contributed by atoms with Crippen LogP contribution in [-0.4, -0.2) is 58.5 Å². The predicted octanol–water partition coefficient (Wildman–Crippen LogP) is 2.08. The third-order valence-electron chi connectivity index (χ3n) is 4.23. The fraction of sp³-hybridized carbons (Fsp3) is 0.353. The topological polar surface area (TPSA) is 89.0 Å². The highest BCUT2D eigenvalue weighted by molar-refractivity contribution is 5.82. The van der Waals surface area contributed by atoms with E-state index >= 15 is 0 Å². The molecule has 0 unspecified atom stereocenters. The SMILES string of the molecule is O=C(Nc1ccncn1)ON1CCN(Cc2ccc3c(c2)OC(F)(F)O3)CC1. The molecule has 1 fully saturated rings. The van der Waals surface area contributed by atoms with Gasteiger partial charge in [0, 0.05) is 38.9 Å². The van der Waals surface area contributed by atoms with Gasteiger partial charge in [-0.2, -0.15) is 0 Å². The fourth-order valence-electron chi connectivity index (χ4n) is 2.94. The highest BCUT2D eigenvalue weighted by Crippen LogP contribution is 2.41. The molecule has 0 saturated carbocycles. The maximum atomic E-state index is 13.1. The molecule has 0 atom stereocenters. The quantitative estimate of drug-likeness (QED) is 0.845. The van der Waals surface area contributed by atoms with Crippen molar-refractivity contribution in [2.45, 2.75) is 12.8 Å². The first-order chi connectivity index (χ1) is 13.5. The molecule has 4 rings (SSSR count). The van der Waals surface area contributed by atoms with Crippen LogP contribution in [0, 0.1) is 0 Å². The number of nitrogens with zero attached hydrogens (tertiary/aromatic N) is 4. The number of aromatic nitrogens is 2. The number of ether oxygens (including phenoxy) is 2. The van der Waals surface area contributed by atoms with Gasteiger partial charge in [-0.25, -0.2) is 14.8 Å². The first kappa shape index (κ1) is 18.3. The Morgan fingerprint density at radius 3 is 2.71 bits per heavy atom. The molecular formula is C17H17F2N5O4. The number of fused-ring (bicyclic) bond motifs is 1. The molecule has 1 amide bonds. The lowest BCUT2D eigenvalue weighted by molar-refractivity contribution is -0.286. The Bertz CT molecular complexity index is 847. The molecule has 0 spiro atoms. The summed E-state index contributed by atoms with van der Waals surface area (Å²) >= 11 is 0. The second kappa shape index (κ2) is 7.52. The lowest BCUT2D eigenvalue weighted by Crippen LogP contribution is -2.46. The Labute approximate surface area is 158 Å². The van der Waals surface area contributed by atoms with Crippen LogP contribution in [0.4, 0.5) is 19.4 Å². The molecule has 0 bridgehead atoms. The van der Waals surface area contributed by atoms with E-state index in [4.69, 9.17) is 4.84 Å². The van der Waals surface area contributed by atoms with E-state index in [0.29, 0.717) is 38.5 Å². The van der Waals surface area contributed by atoms with Gasteiger partial charge in [-0.3, -0.25) is 10.2 Å². The molecular weight excluding hydrogens is 376 g/mol. The largest absolute Gasteiger partial charge is 0.586 e. The summed E-state index contributed by atoms with van der Waals surface area (Å²) in [6, 6.07) is 6.30. The number of anilines is 1. The summed E-state index contributed by atoms with van der Waals surface area (Å²) in [6.45, 7) is 2.87. The van der Waals surface area contributed by atoms with Gasteiger partial charge in [0.25, 0.3) is 0 Å². The third kappa shape index (κ3) is 4.43. The number of rotatable bonds is 4. The smallest absolute Gasteiger partial charge is 0.395 e. The molecule has 2 aliphatic heterocycles. The Morgan fingerprint density at radius 2 is 1.96 bits per heavy atom. The first-order valence-corrected chi connectivity index (χ1v) is 8.58. The molecule has 28 heavy (non-hydrogen) atoms. The number of carbonyl (C=O) groups is 1. The summed E-state index contributed by atoms with van der Waals surface area (Å²) in [5, 5.41) is 4.08. The molecule has 0 radical (unpaired) electrons. The average molecular weight is 393 g/mol. The van der Waals surface area contributed by atoms with Crippen LogP contribution in [-0.2, 0) is 11.4 Å². The van der Waals surface area contributed by atoms with E-state index < -0.39 is 12.4 Å². The number of carbonyl (C=O) groups excluding carboxylic acids is 1. The Kier molecular flexibility index (Phi) is 4.92. The standard InChI is InChI=1S/C17H17F2N5O4/c18-17(19)26-13-2-1-12(9-14(13)27-17)10-23-5-7-24(8-6-23)28-16(25)22-15-3-4-20-11-21-15/h1-4,9,11H,5-8,10H2,(H,20,21,22,25). The van der Waals surface area contributed by atoms with E-state index in [0.717, 1.165) is 5.56 Å². The maximum absolute atomic E-state index is 13.1. The van der Waals surface area contributed by atoms with E-state index in [2.05, 4.69) is 29.7 Å². The third-order valence-corrected chi connectivity index (χ3v) is 4.23. The summed E-state index contributed by atoms with van der Waals surface area (Å²) in [5.74, 6) is 0.416. The molecule has 2 aliphatic rings. The van der Waals surface area contributed by atoms with Gasteiger partial charge < -0.3 is 14.3 Å². The number of piperazine rings is 1. The lowest BCUT2D eigenvalue weighted by Gasteiger charge is -2.33. The predicted molar refractivity (Wildman–Crippen MR) is 91.6 cm³/mol. The zero-order valence-electron chi connectivity index (χ0n) is 14.7. The molecule has 2 aromatic rings. The van der Waals surface area contributed by atoms with Crippen LogP contribution in [0.5, 0.6) is 11.5 Å². The summed E-state index contributed by atoms with van der Waals surface area (Å²) in [5.41, 5.74) is 0.830. The molecule has 3 heterocycles. The van der Waals surface area contributed by atoms with Crippen molar-refractivity contribution in [1.82, 2.24) is 19.9 Å². The molecule has 1 N–H and O–H groups in total. The van der Waals surface area contributed by atoms with E-state index in [1.165, 1.54) is 18.6 Å². The van der Waals surface area contributed by atoms with Crippen molar-refractivity contribution in [3.05, 3.63) is 42.4 Å². The molecule has 1 aromatic carbocycles. The Balaban J connectivity index is 1.24. The van der Waals surface area contributed by atoms with Crippen LogP contribution in [0.25, 0.3) is 0 Å². The minimum atomic E-state index is -3.61. The van der Waals surface area contributed by atoms with Crippen molar-refractivity contribution < 1.29 is 27.9 Å². The van der Waals surface area contributed by atoms with Crippen LogP contribution in [0.15, 0.2) is 36.8 Å². The van der Waals surface area contributed by atoms with Crippen LogP contribution in [0.3, 0.4) is 0 Å². The minimum Gasteiger partial charge on any atom is -0.395 e. The monoisotopic (exact) mass is 393 g/mol. The minimum absolute atomic E-state index is 0.0293. The lowest BCUT2D eigenvalue weighted by atomic mass is 10.2. The van der Waals surface area contributed by atoms with Crippen LogP contribution < -0.4 is 14.8 Å². The molecule has 0 aliphatic carbocycles. The van der Waals surface area contributed by atoms with Gasteiger partial charge >= 0.3 is 12.4 Å². The number of amides is 1. The Morgan fingerprint density at radius 1 is 1.18 bits per heavy atom. The van der Waals surface area contributed by atoms with E-state index in [1.54, 1.807) is 23.3 Å². The average Bonchev–Trinajstić information content (AvgIpc) is 2.97. The van der Waals surface area contributed by atoms with Crippen molar-refractivity contribution >= 4 is 11.9 Å². The molecule has 1 aromatic heterocycles. The van der Waals surface area contributed by atoms with Crippen molar-refractivity contribution in [3.63, 3.8) is 0 Å². The van der Waals surface area contributed by atoms with Crippen molar-refractivity contribution in [2.75, 3.05) is 31.5 Å². The van der Waals surface area contributed by atoms with E-state index in [9.17, 15) is 13.6 Å². The maximum Gasteiger partial charge on any atom is 0.586 e. The van der Waals surface area contributed by atoms with Crippen molar-refractivity contribution in [3.8, 4) is 11.5 Å². The van der Waals surface area contributed by atoms with Crippen molar-refractivity contribution in [1.29, 1.82) is 0 Å². The zero-order chi connectivity index (χ0) is 19.6. The summed E-state index contributed by atoms with van der Waals surface area (Å²) in [4.78, 5) is 26.9. The van der Waals surface area contributed by atoms with Gasteiger partial charge in [0.1, 0.15) is 12.1 Å². The number of nitrogens with one attached hydrogen (secondary N) is 1. The number of halogens is 2. The molecule has 9 nitrogen and oxygen atoms in total. The second-order valence-electron chi connectivity index (χ2n) is 6.25. The van der Waals surface area contributed by atoms with Gasteiger partial charge in [0.15, 0.2) is 11.5 Å². The van der Waals surface area contributed by atoms with Crippen LogP contribution >= 0.6 is 0 Å². The Hall–Kier alpha value is -3.05. The zero-order valence-corrected chi connectivity index (χ0v) is 14.7. The summed E-state index contributed by atoms with van der Waals surface area (Å²) < 4.78 is 35.1. The van der Waals surface area contributed by atoms with Gasteiger partial charge in [-0.1, -0.05) is 6.07 Å². The highest BCUT2D eigenvalue weighted by atomic mass is 19.3. The number of benzene rings is 1. The van der Waals surface area contributed by atoms with Crippen LogP contribution in [0.2, 0.25) is 0 Å². The first-order valence-electron chi connectivity index (χ1n) is 8.58. The number of hydrogen-bond acceptors (Lipinski definition) is 8. The van der Waals surface area contributed by atoms with E-state index in [-0.39, 0.29) is 11.5 Å². The van der Waals surface area contributed by atoms with E-state index in [1.807, 2.05) is 0 Å². The van der Waals surface area contributed by atoms with Crippen molar-refractivity contribution in [2.24, 2.45) is 0 Å². The summed E-state index contributed by atoms with van der Waals surface area (Å²) in [7, 11) is 0. The molecule has 1 saturated heterocycles. The highest BCUT2D eigenvalue weighted by Gasteiger charge is 2.43. The molecule has 148 valence electrons. The molecule has 11 heteroatoms. The fourth-order valence-corrected chi connectivity index (χ4v) is 2.94. The number of alkyl halides is 2. The number of hydroxylamine groups is 2. The van der Waals surface area contributed by atoms with Gasteiger partial charge in [0.2, 0.25) is 0 Å². The van der Waals surface area contributed by atoms with Crippen LogP contribution in [0.1, 0.15) is 5.56 Å². The summed E-state index contributed by atoms with van der Waals surface area (Å²) in [6.07, 6.45) is -1.40. The number of hydrogen-bond donors (Lipinski definition) is 1. The van der Waals surface area contributed by atoms with Gasteiger partial charge in [0.05, 0.1) is 0 Å².